The standard InChI is InChI=1S/C21H20F3N5O.H2S/c1-12(25)21(30)28-8-9-29-18(11-28)27-19(13-2-4-14(22)5-3-13)20(29)26-15-6-7-16(23)17(24)10-15;/h2-7,10,12,26H,8-9,11,25H2,1H3;1H2/t12-;/m0./s1. The molecule has 2 aromatic carbocycles. The Hall–Kier alpha value is -2.98. The number of nitrogens with two attached hydrogens (primary N) is 1. The second-order valence-corrected chi connectivity index (χ2v) is 7.19. The summed E-state index contributed by atoms with van der Waals surface area (Å²) in [6, 6.07) is 8.70. The zero-order valence-electron chi connectivity index (χ0n) is 16.7. The molecular weight excluding hydrogens is 427 g/mol. The Kier molecular flexibility index (Phi) is 6.61. The maximum absolute atomic E-state index is 13.7. The fourth-order valence-corrected chi connectivity index (χ4v) is 3.45. The van der Waals surface area contributed by atoms with E-state index in [9.17, 15) is 18.0 Å². The van der Waals surface area contributed by atoms with Crippen molar-refractivity contribution in [2.24, 2.45) is 5.73 Å². The number of hydrogen-bond donors (Lipinski definition) is 2. The van der Waals surface area contributed by atoms with Gasteiger partial charge in [-0.05, 0) is 43.3 Å². The van der Waals surface area contributed by atoms with E-state index in [-0.39, 0.29) is 31.8 Å². The minimum atomic E-state index is -0.976. The predicted molar refractivity (Wildman–Crippen MR) is 117 cm³/mol. The zero-order chi connectivity index (χ0) is 21.4. The van der Waals surface area contributed by atoms with Crippen molar-refractivity contribution in [1.82, 2.24) is 14.5 Å². The third kappa shape index (κ3) is 4.54. The smallest absolute Gasteiger partial charge is 0.239 e. The van der Waals surface area contributed by atoms with Crippen molar-refractivity contribution in [1.29, 1.82) is 0 Å². The summed E-state index contributed by atoms with van der Waals surface area (Å²) >= 11 is 0. The number of hydrogen-bond acceptors (Lipinski definition) is 4. The van der Waals surface area contributed by atoms with E-state index in [0.29, 0.717) is 41.7 Å². The number of halogens is 3. The molecule has 6 nitrogen and oxygen atoms in total. The number of carbonyl (C=O) groups excluding carboxylic acids is 1. The molecule has 164 valence electrons. The Balaban J connectivity index is 0.00000272. The van der Waals surface area contributed by atoms with Gasteiger partial charge in [0.25, 0.3) is 0 Å². The number of anilines is 2. The molecule has 1 aliphatic heterocycles. The number of aromatic nitrogens is 2. The highest BCUT2D eigenvalue weighted by atomic mass is 32.1. The maximum atomic E-state index is 13.7. The highest BCUT2D eigenvalue weighted by Crippen LogP contribution is 2.33. The van der Waals surface area contributed by atoms with E-state index in [2.05, 4.69) is 10.3 Å². The van der Waals surface area contributed by atoms with Gasteiger partial charge in [-0.1, -0.05) is 0 Å². The van der Waals surface area contributed by atoms with Crippen molar-refractivity contribution in [3.8, 4) is 11.3 Å². The largest absolute Gasteiger partial charge is 0.340 e. The average molecular weight is 450 g/mol. The second-order valence-electron chi connectivity index (χ2n) is 7.19. The SMILES string of the molecule is C[C@H](N)C(=O)N1CCn2c(nc(-c3ccc(F)cc3)c2Nc2ccc(F)c(F)c2)C1.S. The minimum absolute atomic E-state index is 0. The van der Waals surface area contributed by atoms with Crippen LogP contribution in [0.1, 0.15) is 12.7 Å². The summed E-state index contributed by atoms with van der Waals surface area (Å²) in [5, 5.41) is 3.10. The van der Waals surface area contributed by atoms with E-state index in [1.807, 2.05) is 4.57 Å². The van der Waals surface area contributed by atoms with Gasteiger partial charge in [0.2, 0.25) is 5.91 Å². The van der Waals surface area contributed by atoms with Gasteiger partial charge in [0.15, 0.2) is 11.6 Å². The molecule has 31 heavy (non-hydrogen) atoms. The van der Waals surface area contributed by atoms with Crippen LogP contribution in [0.15, 0.2) is 42.5 Å². The van der Waals surface area contributed by atoms with Gasteiger partial charge in [-0.3, -0.25) is 4.79 Å². The molecule has 0 saturated heterocycles. The van der Waals surface area contributed by atoms with E-state index >= 15 is 0 Å². The molecule has 0 unspecified atom stereocenters. The lowest BCUT2D eigenvalue weighted by atomic mass is 10.1. The Morgan fingerprint density at radius 3 is 2.45 bits per heavy atom. The van der Waals surface area contributed by atoms with Gasteiger partial charge in [-0.15, -0.1) is 0 Å². The van der Waals surface area contributed by atoms with Gasteiger partial charge in [0, 0.05) is 30.4 Å². The average Bonchev–Trinajstić information content (AvgIpc) is 3.08. The van der Waals surface area contributed by atoms with Gasteiger partial charge < -0.3 is 20.5 Å². The third-order valence-corrected chi connectivity index (χ3v) is 4.97. The van der Waals surface area contributed by atoms with Crippen LogP contribution in [-0.4, -0.2) is 32.9 Å². The quantitative estimate of drug-likeness (QED) is 0.639. The molecule has 1 aliphatic rings. The number of fused-ring (bicyclic) bond motifs is 1. The third-order valence-electron chi connectivity index (χ3n) is 4.97. The number of imidazole rings is 1. The lowest BCUT2D eigenvalue weighted by molar-refractivity contribution is -0.133. The fourth-order valence-electron chi connectivity index (χ4n) is 3.45. The van der Waals surface area contributed by atoms with E-state index in [1.54, 1.807) is 24.0 Å². The molecule has 0 aliphatic carbocycles. The van der Waals surface area contributed by atoms with Crippen LogP contribution in [0.5, 0.6) is 0 Å². The first kappa shape index (κ1) is 22.7. The summed E-state index contributed by atoms with van der Waals surface area (Å²) in [4.78, 5) is 18.6. The first-order valence-corrected chi connectivity index (χ1v) is 9.45. The first-order chi connectivity index (χ1) is 14.3. The van der Waals surface area contributed by atoms with Crippen molar-refractivity contribution in [3.05, 3.63) is 65.7 Å². The molecule has 0 spiro atoms. The fraction of sp³-hybridized carbons (Fsp3) is 0.238. The Morgan fingerprint density at radius 1 is 1.10 bits per heavy atom. The van der Waals surface area contributed by atoms with Gasteiger partial charge in [0.05, 0.1) is 12.6 Å². The molecule has 0 fully saturated rings. The molecule has 1 aromatic heterocycles. The molecule has 0 radical (unpaired) electrons. The Morgan fingerprint density at radius 2 is 1.81 bits per heavy atom. The molecule has 1 atom stereocenters. The summed E-state index contributed by atoms with van der Waals surface area (Å²) < 4.78 is 42.3. The maximum Gasteiger partial charge on any atom is 0.239 e. The van der Waals surface area contributed by atoms with Crippen LogP contribution in [0.3, 0.4) is 0 Å². The van der Waals surface area contributed by atoms with Crippen molar-refractivity contribution in [2.75, 3.05) is 11.9 Å². The number of rotatable bonds is 4. The lowest BCUT2D eigenvalue weighted by Gasteiger charge is -2.29. The topological polar surface area (TPSA) is 76.2 Å². The summed E-state index contributed by atoms with van der Waals surface area (Å²) in [6.07, 6.45) is 0. The summed E-state index contributed by atoms with van der Waals surface area (Å²) in [5.74, 6) is -1.32. The predicted octanol–water partition coefficient (Wildman–Crippen LogP) is 3.51. The zero-order valence-corrected chi connectivity index (χ0v) is 17.7. The molecule has 3 aromatic rings. The minimum Gasteiger partial charge on any atom is -0.340 e. The molecular formula is C21H22F3N5OS. The number of benzene rings is 2. The van der Waals surface area contributed by atoms with Gasteiger partial charge in [-0.2, -0.15) is 13.5 Å². The van der Waals surface area contributed by atoms with Crippen LogP contribution < -0.4 is 11.1 Å². The Labute approximate surface area is 184 Å². The monoisotopic (exact) mass is 449 g/mol. The molecule has 4 rings (SSSR count). The van der Waals surface area contributed by atoms with E-state index in [4.69, 9.17) is 5.73 Å². The normalized spacial score (nSPS) is 13.9. The molecule has 2 heterocycles. The van der Waals surface area contributed by atoms with Gasteiger partial charge >= 0.3 is 0 Å². The summed E-state index contributed by atoms with van der Waals surface area (Å²) in [5.41, 5.74) is 7.23. The number of carbonyl (C=O) groups is 1. The molecule has 10 heteroatoms. The van der Waals surface area contributed by atoms with Crippen LogP contribution in [0.4, 0.5) is 24.7 Å². The van der Waals surface area contributed by atoms with E-state index in [1.165, 1.54) is 18.2 Å². The van der Waals surface area contributed by atoms with Crippen LogP contribution >= 0.6 is 13.5 Å². The molecule has 1 amide bonds. The second kappa shape index (κ2) is 9.03. The van der Waals surface area contributed by atoms with Crippen LogP contribution in [0.25, 0.3) is 11.3 Å². The Bertz CT molecular complexity index is 1100. The number of nitrogens with zero attached hydrogens (tertiary/aromatic N) is 3. The van der Waals surface area contributed by atoms with Crippen LogP contribution in [0, 0.1) is 17.5 Å². The van der Waals surface area contributed by atoms with Crippen LogP contribution in [-0.2, 0) is 17.9 Å². The van der Waals surface area contributed by atoms with Crippen molar-refractivity contribution in [2.45, 2.75) is 26.1 Å². The molecule has 0 saturated carbocycles. The summed E-state index contributed by atoms with van der Waals surface area (Å²) in [7, 11) is 0. The van der Waals surface area contributed by atoms with E-state index < -0.39 is 17.7 Å². The van der Waals surface area contributed by atoms with Gasteiger partial charge in [-0.25, -0.2) is 18.2 Å². The summed E-state index contributed by atoms with van der Waals surface area (Å²) in [6.45, 7) is 2.75. The highest BCUT2D eigenvalue weighted by molar-refractivity contribution is 7.59. The number of amides is 1. The van der Waals surface area contributed by atoms with Crippen LogP contribution in [0.2, 0.25) is 0 Å². The lowest BCUT2D eigenvalue weighted by Crippen LogP contribution is -2.45. The van der Waals surface area contributed by atoms with Crippen molar-refractivity contribution < 1.29 is 18.0 Å². The molecule has 0 bridgehead atoms. The van der Waals surface area contributed by atoms with Crippen molar-refractivity contribution >= 4 is 30.9 Å². The van der Waals surface area contributed by atoms with Crippen molar-refractivity contribution in [3.63, 3.8) is 0 Å². The first-order valence-electron chi connectivity index (χ1n) is 9.45. The van der Waals surface area contributed by atoms with E-state index in [0.717, 1.165) is 12.1 Å². The highest BCUT2D eigenvalue weighted by Gasteiger charge is 2.28. The number of nitrogens with one attached hydrogen (secondary N) is 1. The van der Waals surface area contributed by atoms with Gasteiger partial charge in [0.1, 0.15) is 23.2 Å². The molecule has 3 N–H and O–H groups in total.